The third-order valence-electron chi connectivity index (χ3n) is 10.7. The summed E-state index contributed by atoms with van der Waals surface area (Å²) >= 11 is 0. The number of carbonyl (C=O) groups is 5. The van der Waals surface area contributed by atoms with Crippen molar-refractivity contribution in [1.82, 2.24) is 26.2 Å². The molecular weight excluding hydrogens is 699 g/mol. The average Bonchev–Trinajstić information content (AvgIpc) is 3.93. The Morgan fingerprint density at radius 2 is 1.27 bits per heavy atom. The highest BCUT2D eigenvalue weighted by Crippen LogP contribution is 2.29. The Morgan fingerprint density at radius 3 is 1.85 bits per heavy atom. The molecule has 7 atom stereocenters. The summed E-state index contributed by atoms with van der Waals surface area (Å²) in [6, 6.07) is 15.6. The lowest BCUT2D eigenvalue weighted by atomic mass is 9.96. The molecule has 12 heteroatoms. The van der Waals surface area contributed by atoms with E-state index >= 15 is 0 Å². The van der Waals surface area contributed by atoms with Gasteiger partial charge in [-0.2, -0.15) is 0 Å². The summed E-state index contributed by atoms with van der Waals surface area (Å²) in [5.41, 5.74) is 0.935. The van der Waals surface area contributed by atoms with Crippen LogP contribution in [-0.2, 0) is 46.3 Å². The second-order valence-corrected chi connectivity index (χ2v) is 15.9. The number of aryl methyl sites for hydroxylation is 1. The number of Topliss-reactive ketones (excluding diaryl/α,β-unsaturated/α-hetero) is 1. The van der Waals surface area contributed by atoms with Gasteiger partial charge in [0, 0.05) is 32.0 Å². The van der Waals surface area contributed by atoms with E-state index in [2.05, 4.69) is 33.1 Å². The Morgan fingerprint density at radius 1 is 0.727 bits per heavy atom. The minimum Gasteiger partial charge on any atom is -0.379 e. The normalized spacial score (nSPS) is 20.3. The lowest BCUT2D eigenvalue weighted by Crippen LogP contribution is -2.59. The van der Waals surface area contributed by atoms with Gasteiger partial charge in [0.1, 0.15) is 23.7 Å². The second kappa shape index (κ2) is 21.2. The molecule has 2 aromatic carbocycles. The summed E-state index contributed by atoms with van der Waals surface area (Å²) in [5.74, 6) is -1.84. The molecule has 0 spiro atoms. The van der Waals surface area contributed by atoms with Gasteiger partial charge in [-0.25, -0.2) is 0 Å². The largest absolute Gasteiger partial charge is 0.379 e. The van der Waals surface area contributed by atoms with Crippen molar-refractivity contribution in [3.05, 3.63) is 71.8 Å². The van der Waals surface area contributed by atoms with Gasteiger partial charge in [0.25, 0.3) is 0 Å². The highest BCUT2D eigenvalue weighted by molar-refractivity contribution is 5.98. The summed E-state index contributed by atoms with van der Waals surface area (Å²) in [4.78, 5) is 71.2. The molecule has 12 nitrogen and oxygen atoms in total. The molecule has 4 amide bonds. The van der Waals surface area contributed by atoms with Gasteiger partial charge in [-0.05, 0) is 62.5 Å². The highest BCUT2D eigenvalue weighted by Gasteiger charge is 2.50. The fourth-order valence-corrected chi connectivity index (χ4v) is 7.04. The van der Waals surface area contributed by atoms with Crippen LogP contribution in [0.1, 0.15) is 84.8 Å². The zero-order valence-corrected chi connectivity index (χ0v) is 33.6. The first-order valence-corrected chi connectivity index (χ1v) is 20.1. The Balaban J connectivity index is 1.50. The lowest BCUT2D eigenvalue weighted by molar-refractivity contribution is -0.135. The molecule has 2 saturated heterocycles. The third kappa shape index (κ3) is 13.8. The number of carbonyl (C=O) groups excluding carboxylic acids is 5. The summed E-state index contributed by atoms with van der Waals surface area (Å²) in [6.45, 7) is 15.0. The summed E-state index contributed by atoms with van der Waals surface area (Å²) in [5, 5.41) is 11.8. The number of nitrogens with one attached hydrogen (secondary N) is 4. The van der Waals surface area contributed by atoms with Crippen LogP contribution in [0.4, 0.5) is 0 Å². The van der Waals surface area contributed by atoms with Gasteiger partial charge >= 0.3 is 0 Å². The number of amides is 4. The summed E-state index contributed by atoms with van der Waals surface area (Å²) in [7, 11) is 0. The van der Waals surface area contributed by atoms with E-state index in [9.17, 15) is 24.0 Å². The lowest BCUT2D eigenvalue weighted by Gasteiger charge is -2.35. The molecule has 2 aliphatic rings. The third-order valence-corrected chi connectivity index (χ3v) is 10.7. The minimum absolute atomic E-state index is 0.0168. The first kappa shape index (κ1) is 43.6. The van der Waals surface area contributed by atoms with Crippen molar-refractivity contribution in [2.24, 2.45) is 11.8 Å². The van der Waals surface area contributed by atoms with Crippen LogP contribution in [-0.4, -0.2) is 103 Å². The Kier molecular flexibility index (Phi) is 16.8. The smallest absolute Gasteiger partial charge is 0.243 e. The molecule has 4 N–H and O–H groups in total. The van der Waals surface area contributed by atoms with Crippen molar-refractivity contribution in [2.75, 3.05) is 32.9 Å². The molecule has 302 valence electrons. The summed E-state index contributed by atoms with van der Waals surface area (Å²) in [6.07, 6.45) is 2.70. The van der Waals surface area contributed by atoms with Gasteiger partial charge in [0.2, 0.25) is 23.6 Å². The van der Waals surface area contributed by atoms with E-state index in [1.165, 1.54) is 0 Å². The van der Waals surface area contributed by atoms with Gasteiger partial charge in [-0.15, -0.1) is 0 Å². The van der Waals surface area contributed by atoms with Crippen molar-refractivity contribution >= 4 is 29.4 Å². The Labute approximate surface area is 327 Å². The molecule has 0 aliphatic carbocycles. The molecule has 1 unspecified atom stereocenters. The Hall–Kier alpha value is -4.13. The fourth-order valence-electron chi connectivity index (χ4n) is 7.04. The van der Waals surface area contributed by atoms with Crippen LogP contribution in [0.3, 0.4) is 0 Å². The van der Waals surface area contributed by atoms with Gasteiger partial charge in [-0.1, -0.05) is 94.8 Å². The van der Waals surface area contributed by atoms with Crippen LogP contribution in [0.25, 0.3) is 0 Å². The van der Waals surface area contributed by atoms with Crippen molar-refractivity contribution < 1.29 is 33.4 Å². The first-order valence-electron chi connectivity index (χ1n) is 20.1. The molecular formula is C43H63N5O7. The number of ketones is 1. The maximum Gasteiger partial charge on any atom is 0.243 e. The van der Waals surface area contributed by atoms with Crippen LogP contribution < -0.4 is 21.3 Å². The van der Waals surface area contributed by atoms with E-state index in [1.54, 1.807) is 6.92 Å². The predicted octanol–water partition coefficient (Wildman–Crippen LogP) is 3.75. The molecule has 0 saturated carbocycles. The van der Waals surface area contributed by atoms with E-state index in [1.807, 2.05) is 88.4 Å². The Bertz CT molecular complexity index is 1540. The number of ether oxygens (including phenoxy) is 2. The van der Waals surface area contributed by atoms with Crippen molar-refractivity contribution in [3.8, 4) is 0 Å². The number of nitrogens with zero attached hydrogens (tertiary/aromatic N) is 1. The van der Waals surface area contributed by atoms with Crippen molar-refractivity contribution in [3.63, 3.8) is 0 Å². The predicted molar refractivity (Wildman–Crippen MR) is 212 cm³/mol. The molecule has 0 radical (unpaired) electrons. The summed E-state index contributed by atoms with van der Waals surface area (Å²) < 4.78 is 10.9. The molecule has 4 rings (SSSR count). The van der Waals surface area contributed by atoms with Crippen LogP contribution >= 0.6 is 0 Å². The van der Waals surface area contributed by atoms with Crippen LogP contribution in [0.2, 0.25) is 0 Å². The fraction of sp³-hybridized carbons (Fsp3) is 0.605. The number of morpholine rings is 1. The van der Waals surface area contributed by atoms with Crippen LogP contribution in [0, 0.1) is 11.8 Å². The molecule has 0 bridgehead atoms. The maximum atomic E-state index is 14.1. The second-order valence-electron chi connectivity index (χ2n) is 15.9. The molecule has 2 aliphatic heterocycles. The molecule has 2 fully saturated rings. The maximum absolute atomic E-state index is 14.1. The van der Waals surface area contributed by atoms with Gasteiger partial charge < -0.3 is 30.7 Å². The minimum atomic E-state index is -1.02. The van der Waals surface area contributed by atoms with E-state index in [4.69, 9.17) is 9.47 Å². The van der Waals surface area contributed by atoms with E-state index in [0.717, 1.165) is 24.2 Å². The van der Waals surface area contributed by atoms with Crippen LogP contribution in [0.5, 0.6) is 0 Å². The zero-order chi connectivity index (χ0) is 40.0. The quantitative estimate of drug-likeness (QED) is 0.132. The van der Waals surface area contributed by atoms with Gasteiger partial charge in [0.15, 0.2) is 5.78 Å². The number of epoxide rings is 1. The first-order chi connectivity index (χ1) is 26.3. The van der Waals surface area contributed by atoms with E-state index in [0.29, 0.717) is 51.9 Å². The van der Waals surface area contributed by atoms with Crippen molar-refractivity contribution in [2.45, 2.75) is 122 Å². The topological polar surface area (TPSA) is 158 Å². The molecule has 2 heterocycles. The standard InChI is InChI=1S/C43H63N5O7/c1-7-14-34(39(50)43(6)28-55-43)45-42(53)37(27-33-17-12-9-13-18-33)47-41(52)36(25-29(2)3)46-40(51)35(20-19-32-15-10-8-11-16-32)44-38(49)26-30(4)31(5)48-21-23-54-24-22-48/h8-13,15-18,29-31,34-37H,7,14,19-28H2,1-6H3,(H,44,49)(H,45,53)(H,46,51)(H,47,52)/t30-,31?,34+,35+,36+,37+,43-/m1/s1. The SMILES string of the molecule is CCC[C@H](NC(=O)[C@H](Cc1ccccc1)NC(=O)[C@H](CC(C)C)NC(=O)[C@H](CCc1ccccc1)NC(=O)C[C@@H](C)C(C)N1CCOCC1)C(=O)[C@@]1(C)CO1. The number of rotatable bonds is 22. The monoisotopic (exact) mass is 761 g/mol. The van der Waals surface area contributed by atoms with Crippen molar-refractivity contribution in [1.29, 1.82) is 0 Å². The number of benzene rings is 2. The average molecular weight is 762 g/mol. The van der Waals surface area contributed by atoms with Gasteiger partial charge in [-0.3, -0.25) is 28.9 Å². The zero-order valence-electron chi connectivity index (χ0n) is 33.6. The highest BCUT2D eigenvalue weighted by atomic mass is 16.6. The molecule has 0 aromatic heterocycles. The number of hydrogen-bond acceptors (Lipinski definition) is 8. The van der Waals surface area contributed by atoms with E-state index in [-0.39, 0.29) is 42.4 Å². The van der Waals surface area contributed by atoms with Crippen LogP contribution in [0.15, 0.2) is 60.7 Å². The molecule has 2 aromatic rings. The van der Waals surface area contributed by atoms with E-state index < -0.39 is 47.5 Å². The molecule has 55 heavy (non-hydrogen) atoms. The van der Waals surface area contributed by atoms with Gasteiger partial charge in [0.05, 0.1) is 25.9 Å². The number of hydrogen-bond donors (Lipinski definition) is 4.